The predicted octanol–water partition coefficient (Wildman–Crippen LogP) is 3.52. The molecule has 0 heterocycles. The zero-order chi connectivity index (χ0) is 9.10. The smallest absolute Gasteiger partial charge is 0.0604 e. The first-order valence-corrected chi connectivity index (χ1v) is 6.02. The Kier molecular flexibility index (Phi) is 3.26. The van der Waals surface area contributed by atoms with Crippen LogP contribution >= 0.6 is 0 Å². The second-order valence-corrected chi connectivity index (χ2v) is 4.84. The van der Waals surface area contributed by atoms with Crippen molar-refractivity contribution >= 4 is 0 Å². The van der Waals surface area contributed by atoms with Gasteiger partial charge in [0.05, 0.1) is 12.2 Å². The Balaban J connectivity index is 1.78. The van der Waals surface area contributed by atoms with Crippen molar-refractivity contribution in [1.82, 2.24) is 0 Å². The highest BCUT2D eigenvalue weighted by molar-refractivity contribution is 4.76. The Morgan fingerprint density at radius 2 is 1.46 bits per heavy atom. The standard InChI is InChI=1S/C12H22O/c1-10-6-2-5-9-12(10)13-11-7-3-4-8-11/h10-12H,2-9H2,1H3. The lowest BCUT2D eigenvalue weighted by atomic mass is 9.88. The average Bonchev–Trinajstić information content (AvgIpc) is 2.61. The molecule has 2 fully saturated rings. The van der Waals surface area contributed by atoms with Crippen LogP contribution < -0.4 is 0 Å². The lowest BCUT2D eigenvalue weighted by Gasteiger charge is -2.31. The molecule has 0 radical (unpaired) electrons. The van der Waals surface area contributed by atoms with Gasteiger partial charge in [-0.3, -0.25) is 0 Å². The van der Waals surface area contributed by atoms with Gasteiger partial charge < -0.3 is 4.74 Å². The average molecular weight is 182 g/mol. The Bertz CT molecular complexity index is 149. The Hall–Kier alpha value is -0.0400. The van der Waals surface area contributed by atoms with E-state index in [1.807, 2.05) is 0 Å². The van der Waals surface area contributed by atoms with Crippen molar-refractivity contribution in [2.75, 3.05) is 0 Å². The molecule has 2 atom stereocenters. The third-order valence-corrected chi connectivity index (χ3v) is 3.70. The number of hydrogen-bond acceptors (Lipinski definition) is 1. The van der Waals surface area contributed by atoms with E-state index in [-0.39, 0.29) is 0 Å². The van der Waals surface area contributed by atoms with Crippen LogP contribution in [0.2, 0.25) is 0 Å². The fraction of sp³-hybridized carbons (Fsp3) is 1.00. The topological polar surface area (TPSA) is 9.23 Å². The van der Waals surface area contributed by atoms with E-state index in [1.165, 1.54) is 51.4 Å². The van der Waals surface area contributed by atoms with Crippen LogP contribution in [0.3, 0.4) is 0 Å². The monoisotopic (exact) mass is 182 g/mol. The highest BCUT2D eigenvalue weighted by Crippen LogP contribution is 2.30. The summed E-state index contributed by atoms with van der Waals surface area (Å²) in [6.07, 6.45) is 12.2. The highest BCUT2D eigenvalue weighted by Gasteiger charge is 2.26. The molecule has 13 heavy (non-hydrogen) atoms. The molecular formula is C12H22O. The van der Waals surface area contributed by atoms with Gasteiger partial charge in [0, 0.05) is 0 Å². The molecule has 0 aromatic heterocycles. The van der Waals surface area contributed by atoms with Crippen molar-refractivity contribution in [3.63, 3.8) is 0 Å². The summed E-state index contributed by atoms with van der Waals surface area (Å²) in [6, 6.07) is 0. The van der Waals surface area contributed by atoms with E-state index in [4.69, 9.17) is 4.74 Å². The maximum atomic E-state index is 6.16. The Morgan fingerprint density at radius 1 is 0.846 bits per heavy atom. The number of rotatable bonds is 2. The van der Waals surface area contributed by atoms with Crippen molar-refractivity contribution in [3.05, 3.63) is 0 Å². The van der Waals surface area contributed by atoms with Gasteiger partial charge in [-0.1, -0.05) is 32.6 Å². The first-order chi connectivity index (χ1) is 6.36. The van der Waals surface area contributed by atoms with E-state index >= 15 is 0 Å². The predicted molar refractivity (Wildman–Crippen MR) is 54.8 cm³/mol. The molecule has 0 bridgehead atoms. The number of hydrogen-bond donors (Lipinski definition) is 0. The molecule has 0 amide bonds. The summed E-state index contributed by atoms with van der Waals surface area (Å²) < 4.78 is 6.16. The molecule has 1 nitrogen and oxygen atoms in total. The van der Waals surface area contributed by atoms with E-state index in [2.05, 4.69) is 6.92 Å². The van der Waals surface area contributed by atoms with Crippen molar-refractivity contribution < 1.29 is 4.74 Å². The molecular weight excluding hydrogens is 160 g/mol. The Morgan fingerprint density at radius 3 is 2.15 bits per heavy atom. The SMILES string of the molecule is CC1CCCCC1OC1CCCC1. The van der Waals surface area contributed by atoms with Gasteiger partial charge in [-0.05, 0) is 31.6 Å². The molecule has 2 unspecified atom stereocenters. The molecule has 0 saturated heterocycles. The van der Waals surface area contributed by atoms with E-state index in [0.29, 0.717) is 12.2 Å². The zero-order valence-corrected chi connectivity index (χ0v) is 8.80. The summed E-state index contributed by atoms with van der Waals surface area (Å²) in [6.45, 7) is 2.36. The van der Waals surface area contributed by atoms with Crippen LogP contribution in [0.25, 0.3) is 0 Å². The van der Waals surface area contributed by atoms with Crippen LogP contribution in [-0.4, -0.2) is 12.2 Å². The summed E-state index contributed by atoms with van der Waals surface area (Å²) >= 11 is 0. The van der Waals surface area contributed by atoms with Gasteiger partial charge in [0.2, 0.25) is 0 Å². The van der Waals surface area contributed by atoms with Gasteiger partial charge in [-0.2, -0.15) is 0 Å². The quantitative estimate of drug-likeness (QED) is 0.635. The second kappa shape index (κ2) is 4.45. The molecule has 2 saturated carbocycles. The molecule has 0 aliphatic heterocycles. The summed E-state index contributed by atoms with van der Waals surface area (Å²) in [4.78, 5) is 0. The molecule has 0 aromatic rings. The third-order valence-electron chi connectivity index (χ3n) is 3.70. The van der Waals surface area contributed by atoms with Crippen LogP contribution in [0.15, 0.2) is 0 Å². The fourth-order valence-corrected chi connectivity index (χ4v) is 2.76. The molecule has 0 N–H and O–H groups in total. The van der Waals surface area contributed by atoms with E-state index < -0.39 is 0 Å². The first kappa shape index (κ1) is 9.51. The third kappa shape index (κ3) is 2.46. The largest absolute Gasteiger partial charge is 0.375 e. The van der Waals surface area contributed by atoms with Crippen molar-refractivity contribution in [1.29, 1.82) is 0 Å². The fourth-order valence-electron chi connectivity index (χ4n) is 2.76. The van der Waals surface area contributed by atoms with Gasteiger partial charge in [0.25, 0.3) is 0 Å². The van der Waals surface area contributed by atoms with Crippen LogP contribution in [0.1, 0.15) is 58.3 Å². The first-order valence-electron chi connectivity index (χ1n) is 6.02. The van der Waals surface area contributed by atoms with Gasteiger partial charge >= 0.3 is 0 Å². The van der Waals surface area contributed by atoms with Crippen LogP contribution in [-0.2, 0) is 4.74 Å². The molecule has 2 aliphatic rings. The van der Waals surface area contributed by atoms with Crippen molar-refractivity contribution in [2.24, 2.45) is 5.92 Å². The maximum Gasteiger partial charge on any atom is 0.0604 e. The molecule has 1 heteroatoms. The minimum atomic E-state index is 0.594. The van der Waals surface area contributed by atoms with Gasteiger partial charge in [-0.25, -0.2) is 0 Å². The zero-order valence-electron chi connectivity index (χ0n) is 8.80. The van der Waals surface area contributed by atoms with Crippen LogP contribution in [0.4, 0.5) is 0 Å². The second-order valence-electron chi connectivity index (χ2n) is 4.84. The highest BCUT2D eigenvalue weighted by atomic mass is 16.5. The Labute approximate surface area is 81.9 Å². The minimum Gasteiger partial charge on any atom is -0.375 e. The molecule has 2 rings (SSSR count). The molecule has 0 aromatic carbocycles. The van der Waals surface area contributed by atoms with Gasteiger partial charge in [-0.15, -0.1) is 0 Å². The van der Waals surface area contributed by atoms with Crippen molar-refractivity contribution in [3.8, 4) is 0 Å². The van der Waals surface area contributed by atoms with Crippen LogP contribution in [0, 0.1) is 5.92 Å². The molecule has 2 aliphatic carbocycles. The van der Waals surface area contributed by atoms with Gasteiger partial charge in [0.15, 0.2) is 0 Å². The normalized spacial score (nSPS) is 36.7. The molecule has 0 spiro atoms. The lowest BCUT2D eigenvalue weighted by molar-refractivity contribution is -0.0520. The van der Waals surface area contributed by atoms with Crippen LogP contribution in [0.5, 0.6) is 0 Å². The molecule has 76 valence electrons. The summed E-state index contributed by atoms with van der Waals surface area (Å²) in [5.41, 5.74) is 0. The lowest BCUT2D eigenvalue weighted by Crippen LogP contribution is -2.29. The summed E-state index contributed by atoms with van der Waals surface area (Å²) in [5, 5.41) is 0. The van der Waals surface area contributed by atoms with Crippen molar-refractivity contribution in [2.45, 2.75) is 70.5 Å². The summed E-state index contributed by atoms with van der Waals surface area (Å²) in [5.74, 6) is 0.814. The van der Waals surface area contributed by atoms with E-state index in [9.17, 15) is 0 Å². The van der Waals surface area contributed by atoms with E-state index in [0.717, 1.165) is 5.92 Å². The summed E-state index contributed by atoms with van der Waals surface area (Å²) in [7, 11) is 0. The van der Waals surface area contributed by atoms with E-state index in [1.54, 1.807) is 0 Å². The van der Waals surface area contributed by atoms with Gasteiger partial charge in [0.1, 0.15) is 0 Å². The number of ether oxygens (including phenoxy) is 1. The minimum absolute atomic E-state index is 0.594. The maximum absolute atomic E-state index is 6.16.